The van der Waals surface area contributed by atoms with Crippen LogP contribution in [0.25, 0.3) is 11.1 Å². The Morgan fingerprint density at radius 2 is 1.61 bits per heavy atom. The highest BCUT2D eigenvalue weighted by molar-refractivity contribution is 6.32. The summed E-state index contributed by atoms with van der Waals surface area (Å²) in [4.78, 5) is 10.9. The van der Waals surface area contributed by atoms with E-state index in [4.69, 9.17) is 7.85 Å². The number of benzene rings is 2. The van der Waals surface area contributed by atoms with E-state index in [9.17, 15) is 4.79 Å². The Bertz CT molecular complexity index is 656. The summed E-state index contributed by atoms with van der Waals surface area (Å²) in [5, 5.41) is 0. The number of carbonyl (C=O) groups is 1. The first kappa shape index (κ1) is 11.3. The van der Waals surface area contributed by atoms with Crippen molar-refractivity contribution in [2.24, 2.45) is 0 Å². The maximum Gasteiger partial charge on any atom is 0.150 e. The van der Waals surface area contributed by atoms with Gasteiger partial charge in [-0.05, 0) is 28.3 Å². The minimum absolute atomic E-state index is 0.0981. The molecule has 3 rings (SSSR count). The average molecular weight is 232 g/mol. The fourth-order valence-corrected chi connectivity index (χ4v) is 2.85. The predicted molar refractivity (Wildman–Crippen MR) is 74.8 cm³/mol. The van der Waals surface area contributed by atoms with Crippen LogP contribution in [-0.4, -0.2) is 14.1 Å². The fraction of sp³-hybridized carbons (Fsp3) is 0.188. The lowest BCUT2D eigenvalue weighted by atomic mass is 9.80. The lowest BCUT2D eigenvalue weighted by molar-refractivity contribution is 0.112. The van der Waals surface area contributed by atoms with E-state index in [1.54, 1.807) is 0 Å². The third-order valence-electron chi connectivity index (χ3n) is 3.86. The predicted octanol–water partition coefficient (Wildman–Crippen LogP) is 2.60. The topological polar surface area (TPSA) is 17.1 Å². The van der Waals surface area contributed by atoms with Crippen molar-refractivity contribution in [2.75, 3.05) is 0 Å². The van der Waals surface area contributed by atoms with Gasteiger partial charge in [-0.25, -0.2) is 0 Å². The second-order valence-electron chi connectivity index (χ2n) is 5.35. The molecule has 0 bridgehead atoms. The minimum Gasteiger partial charge on any atom is -0.298 e. The van der Waals surface area contributed by atoms with Crippen molar-refractivity contribution in [1.29, 1.82) is 0 Å². The van der Waals surface area contributed by atoms with E-state index in [-0.39, 0.29) is 5.41 Å². The fourth-order valence-electron chi connectivity index (χ4n) is 2.85. The van der Waals surface area contributed by atoms with Crippen molar-refractivity contribution < 1.29 is 4.79 Å². The van der Waals surface area contributed by atoms with Crippen LogP contribution in [0.3, 0.4) is 0 Å². The van der Waals surface area contributed by atoms with Gasteiger partial charge in [0, 0.05) is 11.0 Å². The van der Waals surface area contributed by atoms with E-state index in [2.05, 4.69) is 19.9 Å². The summed E-state index contributed by atoms with van der Waals surface area (Å²) in [7, 11) is 5.89. The summed E-state index contributed by atoms with van der Waals surface area (Å²) in [6.45, 7) is 4.34. The zero-order chi connectivity index (χ0) is 12.9. The standard InChI is InChI=1S/C16H13BO/c1-16(2)14-7-10(9-18)3-5-12(14)13-6-4-11(17)8-15(13)16/h3-9H,1-2H3. The largest absolute Gasteiger partial charge is 0.298 e. The summed E-state index contributed by atoms with van der Waals surface area (Å²) in [5.41, 5.74) is 6.28. The van der Waals surface area contributed by atoms with Gasteiger partial charge in [0.2, 0.25) is 0 Å². The highest BCUT2D eigenvalue weighted by Crippen LogP contribution is 2.48. The number of carbonyl (C=O) groups excluding carboxylic acids is 1. The molecule has 18 heavy (non-hydrogen) atoms. The van der Waals surface area contributed by atoms with Crippen LogP contribution in [-0.2, 0) is 5.41 Å². The molecule has 0 atom stereocenters. The van der Waals surface area contributed by atoms with Gasteiger partial charge in [0.1, 0.15) is 14.1 Å². The quantitative estimate of drug-likeness (QED) is 0.545. The molecule has 1 aliphatic carbocycles. The third kappa shape index (κ3) is 1.38. The molecule has 2 heteroatoms. The Balaban J connectivity index is 2.34. The number of fused-ring (bicyclic) bond motifs is 3. The Labute approximate surface area is 108 Å². The summed E-state index contributed by atoms with van der Waals surface area (Å²) in [6, 6.07) is 11.9. The maximum absolute atomic E-state index is 10.9. The number of hydrogen-bond donors (Lipinski definition) is 0. The maximum atomic E-state index is 10.9. The van der Waals surface area contributed by atoms with Gasteiger partial charge in [0.25, 0.3) is 0 Å². The van der Waals surface area contributed by atoms with E-state index in [0.717, 1.165) is 17.3 Å². The smallest absolute Gasteiger partial charge is 0.150 e. The molecule has 2 radical (unpaired) electrons. The van der Waals surface area contributed by atoms with Crippen LogP contribution < -0.4 is 5.46 Å². The van der Waals surface area contributed by atoms with E-state index in [1.807, 2.05) is 30.3 Å². The van der Waals surface area contributed by atoms with Gasteiger partial charge in [0.15, 0.2) is 0 Å². The lowest BCUT2D eigenvalue weighted by Gasteiger charge is -2.22. The normalized spacial score (nSPS) is 15.0. The Morgan fingerprint density at radius 1 is 1.00 bits per heavy atom. The van der Waals surface area contributed by atoms with Crippen LogP contribution in [0, 0.1) is 0 Å². The zero-order valence-corrected chi connectivity index (χ0v) is 10.5. The molecule has 1 nitrogen and oxygen atoms in total. The van der Waals surface area contributed by atoms with Crippen molar-refractivity contribution in [3.8, 4) is 11.1 Å². The molecule has 2 aromatic rings. The van der Waals surface area contributed by atoms with Crippen molar-refractivity contribution in [3.05, 3.63) is 53.1 Å². The second kappa shape index (κ2) is 3.58. The molecule has 0 aliphatic heterocycles. The summed E-state index contributed by atoms with van der Waals surface area (Å²) in [5.74, 6) is 0. The molecule has 0 saturated carbocycles. The molecule has 0 amide bonds. The Hall–Kier alpha value is -1.83. The van der Waals surface area contributed by atoms with Crippen molar-refractivity contribution in [1.82, 2.24) is 0 Å². The summed E-state index contributed by atoms with van der Waals surface area (Å²) < 4.78 is 0. The molecule has 1 aliphatic rings. The molecule has 0 N–H and O–H groups in total. The number of hydrogen-bond acceptors (Lipinski definition) is 1. The lowest BCUT2D eigenvalue weighted by Crippen LogP contribution is -2.17. The zero-order valence-electron chi connectivity index (χ0n) is 10.5. The molecule has 0 aromatic heterocycles. The first-order chi connectivity index (χ1) is 8.54. The molecular formula is C16H13BO. The highest BCUT2D eigenvalue weighted by Gasteiger charge is 2.35. The van der Waals surface area contributed by atoms with Crippen LogP contribution in [0.2, 0.25) is 0 Å². The van der Waals surface area contributed by atoms with Gasteiger partial charge in [-0.1, -0.05) is 49.6 Å². The molecule has 0 unspecified atom stereocenters. The first-order valence-electron chi connectivity index (χ1n) is 6.04. The minimum atomic E-state index is -0.0981. The second-order valence-corrected chi connectivity index (χ2v) is 5.35. The average Bonchev–Trinajstić information content (AvgIpc) is 2.58. The van der Waals surface area contributed by atoms with Crippen molar-refractivity contribution in [2.45, 2.75) is 19.3 Å². The van der Waals surface area contributed by atoms with Crippen molar-refractivity contribution >= 4 is 19.6 Å². The van der Waals surface area contributed by atoms with Crippen molar-refractivity contribution in [3.63, 3.8) is 0 Å². The van der Waals surface area contributed by atoms with E-state index in [0.29, 0.717) is 0 Å². The van der Waals surface area contributed by atoms with Gasteiger partial charge < -0.3 is 0 Å². The Morgan fingerprint density at radius 3 is 2.28 bits per heavy atom. The van der Waals surface area contributed by atoms with Crippen LogP contribution in [0.1, 0.15) is 35.3 Å². The van der Waals surface area contributed by atoms with E-state index >= 15 is 0 Å². The van der Waals surface area contributed by atoms with Gasteiger partial charge in [0.05, 0.1) is 0 Å². The van der Waals surface area contributed by atoms with E-state index in [1.165, 1.54) is 22.3 Å². The number of aldehydes is 1. The molecule has 0 fully saturated rings. The molecule has 0 saturated heterocycles. The first-order valence-corrected chi connectivity index (χ1v) is 6.04. The van der Waals surface area contributed by atoms with Gasteiger partial charge in [-0.3, -0.25) is 4.79 Å². The van der Waals surface area contributed by atoms with Crippen LogP contribution in [0.5, 0.6) is 0 Å². The monoisotopic (exact) mass is 232 g/mol. The molecule has 0 heterocycles. The molecule has 86 valence electrons. The Kier molecular flexibility index (Phi) is 2.24. The molecule has 2 aromatic carbocycles. The van der Waals surface area contributed by atoms with Gasteiger partial charge >= 0.3 is 0 Å². The van der Waals surface area contributed by atoms with Gasteiger partial charge in [-0.15, -0.1) is 0 Å². The molecular weight excluding hydrogens is 219 g/mol. The van der Waals surface area contributed by atoms with Gasteiger partial charge in [-0.2, -0.15) is 0 Å². The summed E-state index contributed by atoms with van der Waals surface area (Å²) >= 11 is 0. The molecule has 0 spiro atoms. The van der Waals surface area contributed by atoms with Crippen LogP contribution >= 0.6 is 0 Å². The highest BCUT2D eigenvalue weighted by atomic mass is 16.1. The van der Waals surface area contributed by atoms with Crippen LogP contribution in [0.4, 0.5) is 0 Å². The third-order valence-corrected chi connectivity index (χ3v) is 3.86. The van der Waals surface area contributed by atoms with E-state index < -0.39 is 0 Å². The summed E-state index contributed by atoms with van der Waals surface area (Å²) in [6.07, 6.45) is 0.897. The SMILES string of the molecule is [B]c1ccc2c(c1)C(C)(C)c1cc(C=O)ccc1-2. The van der Waals surface area contributed by atoms with Crippen LogP contribution in [0.15, 0.2) is 36.4 Å². The number of rotatable bonds is 1.